The van der Waals surface area contributed by atoms with Crippen LogP contribution in [0.3, 0.4) is 0 Å². The molecule has 0 aliphatic heterocycles. The molecule has 0 aromatic heterocycles. The summed E-state index contributed by atoms with van der Waals surface area (Å²) in [5.74, 6) is 0.641. The van der Waals surface area contributed by atoms with Crippen LogP contribution < -0.4 is 9.47 Å². The smallest absolute Gasteiger partial charge is 0.257 e. The number of ether oxygens (including phenoxy) is 2. The Morgan fingerprint density at radius 2 is 1.65 bits per heavy atom. The minimum atomic E-state index is -2.57. The molecule has 1 amide bonds. The fourth-order valence-corrected chi connectivity index (χ4v) is 2.48. The molecule has 0 saturated heterocycles. The Balaban J connectivity index is 1.98. The number of halogens is 2. The van der Waals surface area contributed by atoms with Gasteiger partial charge in [-0.1, -0.05) is 37.3 Å². The number of carbonyl (C=O) groups excluding carboxylic acids is 1. The fourth-order valence-electron chi connectivity index (χ4n) is 2.48. The molecular formula is C20H23F2NO3. The van der Waals surface area contributed by atoms with Gasteiger partial charge in [-0.25, -0.2) is 8.78 Å². The first-order valence-corrected chi connectivity index (χ1v) is 8.59. The zero-order chi connectivity index (χ0) is 18.8. The third kappa shape index (κ3) is 6.02. The van der Waals surface area contributed by atoms with Crippen molar-refractivity contribution < 1.29 is 23.0 Å². The number of amides is 1. The van der Waals surface area contributed by atoms with Gasteiger partial charge in [-0.2, -0.15) is 0 Å². The van der Waals surface area contributed by atoms with E-state index in [0.717, 1.165) is 10.6 Å². The van der Waals surface area contributed by atoms with Crippen molar-refractivity contribution in [3.8, 4) is 11.5 Å². The molecule has 140 valence electrons. The first-order chi connectivity index (χ1) is 12.6. The highest BCUT2D eigenvalue weighted by molar-refractivity contribution is 5.97. The molecular weight excluding hydrogens is 340 g/mol. The Morgan fingerprint density at radius 3 is 2.35 bits per heavy atom. The van der Waals surface area contributed by atoms with E-state index in [1.165, 1.54) is 0 Å². The third-order valence-electron chi connectivity index (χ3n) is 3.61. The number of carbonyl (C=O) groups is 1. The first-order valence-electron chi connectivity index (χ1n) is 8.59. The molecule has 0 heterocycles. The van der Waals surface area contributed by atoms with Crippen molar-refractivity contribution in [1.82, 2.24) is 4.90 Å². The number of nitrogens with zero attached hydrogens (tertiary/aromatic N) is 1. The topological polar surface area (TPSA) is 38.8 Å². The van der Waals surface area contributed by atoms with Crippen LogP contribution in [0.5, 0.6) is 11.5 Å². The summed E-state index contributed by atoms with van der Waals surface area (Å²) in [6, 6.07) is 16.0. The van der Waals surface area contributed by atoms with Gasteiger partial charge in [0.1, 0.15) is 24.7 Å². The molecule has 0 unspecified atom stereocenters. The van der Waals surface area contributed by atoms with Crippen molar-refractivity contribution >= 4 is 5.91 Å². The van der Waals surface area contributed by atoms with E-state index < -0.39 is 18.9 Å². The highest BCUT2D eigenvalue weighted by Gasteiger charge is 2.21. The van der Waals surface area contributed by atoms with E-state index in [9.17, 15) is 13.6 Å². The lowest BCUT2D eigenvalue weighted by Gasteiger charge is -2.23. The average molecular weight is 363 g/mol. The Labute approximate surface area is 152 Å². The molecule has 0 atom stereocenters. The summed E-state index contributed by atoms with van der Waals surface area (Å²) in [4.78, 5) is 13.8. The molecule has 4 nitrogen and oxygen atoms in total. The molecule has 0 radical (unpaired) electrons. The van der Waals surface area contributed by atoms with Crippen LogP contribution in [0.2, 0.25) is 0 Å². The largest absolute Gasteiger partial charge is 0.490 e. The maximum atomic E-state index is 12.8. The predicted octanol–water partition coefficient (Wildman–Crippen LogP) is 4.26. The van der Waals surface area contributed by atoms with Crippen LogP contribution in [0.25, 0.3) is 0 Å². The number of para-hydroxylation sites is 2. The minimum Gasteiger partial charge on any atom is -0.490 e. The predicted molar refractivity (Wildman–Crippen MR) is 96.1 cm³/mol. The SMILES string of the molecule is CCCN(CC(F)F)C(=O)c1ccccc1OCCOc1ccccc1. The third-order valence-corrected chi connectivity index (χ3v) is 3.61. The Bertz CT molecular complexity index is 680. The lowest BCUT2D eigenvalue weighted by molar-refractivity contribution is 0.0551. The molecule has 0 spiro atoms. The summed E-state index contributed by atoms with van der Waals surface area (Å²) in [5, 5.41) is 0. The van der Waals surface area contributed by atoms with Gasteiger partial charge in [0.15, 0.2) is 0 Å². The van der Waals surface area contributed by atoms with Crippen molar-refractivity contribution in [2.45, 2.75) is 19.8 Å². The quantitative estimate of drug-likeness (QED) is 0.592. The number of benzene rings is 2. The Hall–Kier alpha value is -2.63. The number of rotatable bonds is 10. The lowest BCUT2D eigenvalue weighted by Crippen LogP contribution is -2.36. The molecule has 2 aromatic rings. The molecule has 0 fully saturated rings. The van der Waals surface area contributed by atoms with Crippen LogP contribution in [0.4, 0.5) is 8.78 Å². The van der Waals surface area contributed by atoms with E-state index in [0.29, 0.717) is 18.8 Å². The Morgan fingerprint density at radius 1 is 1.00 bits per heavy atom. The summed E-state index contributed by atoms with van der Waals surface area (Å²) in [7, 11) is 0. The first kappa shape index (κ1) is 19.7. The standard InChI is InChI=1S/C20H23F2NO3/c1-2-12-23(15-19(21)22)20(24)17-10-6-7-11-18(17)26-14-13-25-16-8-4-3-5-9-16/h3-11,19H,2,12-15H2,1H3. The van der Waals surface area contributed by atoms with E-state index in [2.05, 4.69) is 0 Å². The van der Waals surface area contributed by atoms with Crippen LogP contribution in [0, 0.1) is 0 Å². The molecule has 6 heteroatoms. The van der Waals surface area contributed by atoms with Crippen molar-refractivity contribution in [1.29, 1.82) is 0 Å². The summed E-state index contributed by atoms with van der Waals surface area (Å²) in [6.07, 6.45) is -1.97. The zero-order valence-electron chi connectivity index (χ0n) is 14.7. The van der Waals surface area contributed by atoms with Crippen molar-refractivity contribution in [3.63, 3.8) is 0 Å². The molecule has 2 rings (SSSR count). The lowest BCUT2D eigenvalue weighted by atomic mass is 10.1. The van der Waals surface area contributed by atoms with Crippen LogP contribution in [0.1, 0.15) is 23.7 Å². The van der Waals surface area contributed by atoms with E-state index in [1.807, 2.05) is 37.3 Å². The van der Waals surface area contributed by atoms with Crippen LogP contribution in [-0.2, 0) is 0 Å². The van der Waals surface area contributed by atoms with Crippen molar-refractivity contribution in [2.24, 2.45) is 0 Å². The van der Waals surface area contributed by atoms with Gasteiger partial charge < -0.3 is 14.4 Å². The minimum absolute atomic E-state index is 0.238. The second kappa shape index (κ2) is 10.4. The summed E-state index contributed by atoms with van der Waals surface area (Å²) >= 11 is 0. The van der Waals surface area contributed by atoms with Crippen LogP contribution >= 0.6 is 0 Å². The maximum absolute atomic E-state index is 12.8. The molecule has 0 aliphatic carbocycles. The second-order valence-corrected chi connectivity index (χ2v) is 5.65. The monoisotopic (exact) mass is 363 g/mol. The summed E-state index contributed by atoms with van der Waals surface area (Å²) in [5.41, 5.74) is 0.279. The zero-order valence-corrected chi connectivity index (χ0v) is 14.7. The van der Waals surface area contributed by atoms with E-state index in [4.69, 9.17) is 9.47 Å². The van der Waals surface area contributed by atoms with Gasteiger partial charge in [0.25, 0.3) is 12.3 Å². The van der Waals surface area contributed by atoms with Crippen molar-refractivity contribution in [2.75, 3.05) is 26.3 Å². The van der Waals surface area contributed by atoms with Crippen molar-refractivity contribution in [3.05, 3.63) is 60.2 Å². The molecule has 0 bridgehead atoms. The summed E-state index contributed by atoms with van der Waals surface area (Å²) < 4.78 is 36.7. The highest BCUT2D eigenvalue weighted by Crippen LogP contribution is 2.21. The normalized spacial score (nSPS) is 10.6. The maximum Gasteiger partial charge on any atom is 0.257 e. The molecule has 26 heavy (non-hydrogen) atoms. The molecule has 2 aromatic carbocycles. The fraction of sp³-hybridized carbons (Fsp3) is 0.350. The van der Waals surface area contributed by atoms with Gasteiger partial charge in [0.05, 0.1) is 12.1 Å². The van der Waals surface area contributed by atoms with E-state index in [-0.39, 0.29) is 18.7 Å². The van der Waals surface area contributed by atoms with Gasteiger partial charge >= 0.3 is 0 Å². The van der Waals surface area contributed by atoms with Gasteiger partial charge in [0, 0.05) is 6.54 Å². The molecule has 0 saturated carbocycles. The van der Waals surface area contributed by atoms with E-state index in [1.54, 1.807) is 24.3 Å². The van der Waals surface area contributed by atoms with Gasteiger partial charge in [-0.05, 0) is 30.7 Å². The highest BCUT2D eigenvalue weighted by atomic mass is 19.3. The number of alkyl halides is 2. The second-order valence-electron chi connectivity index (χ2n) is 5.65. The average Bonchev–Trinajstić information content (AvgIpc) is 2.65. The number of hydrogen-bond donors (Lipinski definition) is 0. The van der Waals surface area contributed by atoms with Crippen LogP contribution in [-0.4, -0.2) is 43.5 Å². The van der Waals surface area contributed by atoms with Gasteiger partial charge in [-0.3, -0.25) is 4.79 Å². The number of hydrogen-bond acceptors (Lipinski definition) is 3. The summed E-state index contributed by atoms with van der Waals surface area (Å²) in [6.45, 7) is 2.08. The van der Waals surface area contributed by atoms with Gasteiger partial charge in [-0.15, -0.1) is 0 Å². The van der Waals surface area contributed by atoms with E-state index >= 15 is 0 Å². The molecule has 0 N–H and O–H groups in total. The van der Waals surface area contributed by atoms with Crippen LogP contribution in [0.15, 0.2) is 54.6 Å². The Kier molecular flexibility index (Phi) is 7.86. The molecule has 0 aliphatic rings. The van der Waals surface area contributed by atoms with Gasteiger partial charge in [0.2, 0.25) is 0 Å².